The van der Waals surface area contributed by atoms with Crippen molar-refractivity contribution < 1.29 is 9.47 Å². The van der Waals surface area contributed by atoms with Crippen LogP contribution in [0, 0.1) is 6.92 Å². The van der Waals surface area contributed by atoms with Crippen LogP contribution in [0.15, 0.2) is 30.3 Å². The molecule has 0 saturated heterocycles. The number of halogens is 2. The molecule has 0 amide bonds. The fraction of sp³-hybridized carbons (Fsp3) is 0.250. The Hall–Kier alpha value is -1.58. The first-order valence-electron chi connectivity index (χ1n) is 6.45. The van der Waals surface area contributed by atoms with Gasteiger partial charge in [0.1, 0.15) is 0 Å². The number of anilines is 1. The fourth-order valence-electron chi connectivity index (χ4n) is 2.08. The standard InChI is InChI=1S/C16H17Cl2NO2/c1-10-4-15(20-2)16(21-3)8-14(10)19-9-11-5-12(17)7-13(18)6-11/h4-8,19H,9H2,1-3H3. The first-order valence-corrected chi connectivity index (χ1v) is 7.20. The monoisotopic (exact) mass is 325 g/mol. The number of hydrogen-bond donors (Lipinski definition) is 1. The minimum Gasteiger partial charge on any atom is -0.493 e. The van der Waals surface area contributed by atoms with Crippen LogP contribution in [0.5, 0.6) is 11.5 Å². The molecule has 1 N–H and O–H groups in total. The quantitative estimate of drug-likeness (QED) is 0.845. The molecule has 0 bridgehead atoms. The summed E-state index contributed by atoms with van der Waals surface area (Å²) >= 11 is 12.0. The van der Waals surface area contributed by atoms with E-state index >= 15 is 0 Å². The third kappa shape index (κ3) is 3.96. The van der Waals surface area contributed by atoms with Crippen molar-refractivity contribution in [2.45, 2.75) is 13.5 Å². The van der Waals surface area contributed by atoms with Gasteiger partial charge in [-0.2, -0.15) is 0 Å². The van der Waals surface area contributed by atoms with Crippen LogP contribution in [0.2, 0.25) is 10.0 Å². The molecule has 0 saturated carbocycles. The number of methoxy groups -OCH3 is 2. The van der Waals surface area contributed by atoms with E-state index in [4.69, 9.17) is 32.7 Å². The van der Waals surface area contributed by atoms with E-state index in [2.05, 4.69) is 5.32 Å². The zero-order valence-electron chi connectivity index (χ0n) is 12.2. The van der Waals surface area contributed by atoms with Gasteiger partial charge in [-0.05, 0) is 42.3 Å². The topological polar surface area (TPSA) is 30.5 Å². The molecule has 3 nitrogen and oxygen atoms in total. The maximum atomic E-state index is 6.00. The van der Waals surface area contributed by atoms with Gasteiger partial charge in [0.05, 0.1) is 14.2 Å². The van der Waals surface area contributed by atoms with Gasteiger partial charge in [0.25, 0.3) is 0 Å². The van der Waals surface area contributed by atoms with Crippen LogP contribution in [0.25, 0.3) is 0 Å². The van der Waals surface area contributed by atoms with Crippen molar-refractivity contribution in [3.63, 3.8) is 0 Å². The lowest BCUT2D eigenvalue weighted by Gasteiger charge is -2.14. The molecule has 0 aliphatic heterocycles. The number of nitrogens with one attached hydrogen (secondary N) is 1. The predicted molar refractivity (Wildman–Crippen MR) is 88.1 cm³/mol. The van der Waals surface area contributed by atoms with E-state index in [1.54, 1.807) is 20.3 Å². The molecule has 0 aliphatic carbocycles. The van der Waals surface area contributed by atoms with Gasteiger partial charge in [-0.15, -0.1) is 0 Å². The first-order chi connectivity index (χ1) is 10.0. The highest BCUT2D eigenvalue weighted by molar-refractivity contribution is 6.34. The number of benzene rings is 2. The summed E-state index contributed by atoms with van der Waals surface area (Å²) in [5.74, 6) is 1.40. The van der Waals surface area contributed by atoms with Crippen molar-refractivity contribution in [3.8, 4) is 11.5 Å². The Morgan fingerprint density at radius 3 is 2.05 bits per heavy atom. The lowest BCUT2D eigenvalue weighted by Crippen LogP contribution is -2.02. The second-order valence-electron chi connectivity index (χ2n) is 4.65. The Morgan fingerprint density at radius 1 is 0.905 bits per heavy atom. The van der Waals surface area contributed by atoms with E-state index in [0.29, 0.717) is 28.1 Å². The van der Waals surface area contributed by atoms with Gasteiger partial charge in [-0.25, -0.2) is 0 Å². The average Bonchev–Trinajstić information content (AvgIpc) is 2.44. The normalized spacial score (nSPS) is 10.3. The van der Waals surface area contributed by atoms with Gasteiger partial charge < -0.3 is 14.8 Å². The molecule has 21 heavy (non-hydrogen) atoms. The number of ether oxygens (including phenoxy) is 2. The number of rotatable bonds is 5. The highest BCUT2D eigenvalue weighted by atomic mass is 35.5. The molecule has 2 rings (SSSR count). The van der Waals surface area contributed by atoms with Crippen LogP contribution in [0.4, 0.5) is 5.69 Å². The van der Waals surface area contributed by atoms with Gasteiger partial charge in [0.15, 0.2) is 11.5 Å². The second-order valence-corrected chi connectivity index (χ2v) is 5.53. The van der Waals surface area contributed by atoms with Crippen molar-refractivity contribution in [1.29, 1.82) is 0 Å². The van der Waals surface area contributed by atoms with Gasteiger partial charge in [-0.1, -0.05) is 23.2 Å². The Balaban J connectivity index is 2.19. The molecule has 2 aromatic rings. The predicted octanol–water partition coefficient (Wildman–Crippen LogP) is 4.93. The summed E-state index contributed by atoms with van der Waals surface area (Å²) in [6.45, 7) is 2.63. The molecule has 0 fully saturated rings. The fourth-order valence-corrected chi connectivity index (χ4v) is 2.65. The average molecular weight is 326 g/mol. The van der Waals surface area contributed by atoms with Gasteiger partial charge >= 0.3 is 0 Å². The molecule has 0 aromatic heterocycles. The third-order valence-corrected chi connectivity index (χ3v) is 3.57. The molecule has 5 heteroatoms. The SMILES string of the molecule is COc1cc(C)c(NCc2cc(Cl)cc(Cl)c2)cc1OC. The van der Waals surface area contributed by atoms with Gasteiger partial charge in [0.2, 0.25) is 0 Å². The summed E-state index contributed by atoms with van der Waals surface area (Å²) in [4.78, 5) is 0. The highest BCUT2D eigenvalue weighted by Crippen LogP contribution is 2.33. The Kier molecular flexibility index (Phi) is 5.21. The van der Waals surface area contributed by atoms with Crippen molar-refractivity contribution in [1.82, 2.24) is 0 Å². The molecular weight excluding hydrogens is 309 g/mol. The summed E-state index contributed by atoms with van der Waals surface area (Å²) in [5, 5.41) is 4.61. The van der Waals surface area contributed by atoms with E-state index in [1.165, 1.54) is 0 Å². The molecule has 2 aromatic carbocycles. The maximum Gasteiger partial charge on any atom is 0.162 e. The Bertz CT molecular complexity index is 624. The second kappa shape index (κ2) is 6.92. The first kappa shape index (κ1) is 15.8. The van der Waals surface area contributed by atoms with Crippen LogP contribution in [0.3, 0.4) is 0 Å². The van der Waals surface area contributed by atoms with Crippen LogP contribution in [0.1, 0.15) is 11.1 Å². The van der Waals surface area contributed by atoms with E-state index < -0.39 is 0 Å². The zero-order valence-corrected chi connectivity index (χ0v) is 13.7. The van der Waals surface area contributed by atoms with E-state index in [1.807, 2.05) is 31.2 Å². The Morgan fingerprint density at radius 2 is 1.48 bits per heavy atom. The lowest BCUT2D eigenvalue weighted by atomic mass is 10.1. The summed E-state index contributed by atoms with van der Waals surface area (Å²) in [6.07, 6.45) is 0. The van der Waals surface area contributed by atoms with Crippen molar-refractivity contribution in [3.05, 3.63) is 51.5 Å². The van der Waals surface area contributed by atoms with Crippen LogP contribution in [-0.2, 0) is 6.54 Å². The van der Waals surface area contributed by atoms with Crippen molar-refractivity contribution in [2.75, 3.05) is 19.5 Å². The van der Waals surface area contributed by atoms with Crippen LogP contribution < -0.4 is 14.8 Å². The summed E-state index contributed by atoms with van der Waals surface area (Å²) < 4.78 is 10.6. The molecule has 0 heterocycles. The smallest absolute Gasteiger partial charge is 0.162 e. The maximum absolute atomic E-state index is 6.00. The summed E-state index contributed by atoms with van der Waals surface area (Å²) in [6, 6.07) is 9.34. The van der Waals surface area contributed by atoms with E-state index in [-0.39, 0.29) is 0 Å². The minimum atomic E-state index is 0.622. The molecule has 112 valence electrons. The van der Waals surface area contributed by atoms with Gasteiger partial charge in [-0.3, -0.25) is 0 Å². The summed E-state index contributed by atoms with van der Waals surface area (Å²) in [5.41, 5.74) is 3.06. The number of aryl methyl sites for hydroxylation is 1. The largest absolute Gasteiger partial charge is 0.493 e. The molecular formula is C16H17Cl2NO2. The van der Waals surface area contributed by atoms with Gasteiger partial charge in [0, 0.05) is 28.3 Å². The van der Waals surface area contributed by atoms with Crippen LogP contribution >= 0.6 is 23.2 Å². The molecule has 0 aliphatic rings. The molecule has 0 atom stereocenters. The molecule has 0 spiro atoms. The highest BCUT2D eigenvalue weighted by Gasteiger charge is 2.08. The van der Waals surface area contributed by atoms with E-state index in [0.717, 1.165) is 16.8 Å². The van der Waals surface area contributed by atoms with Crippen LogP contribution in [-0.4, -0.2) is 14.2 Å². The third-order valence-electron chi connectivity index (χ3n) is 3.14. The Labute approximate surface area is 134 Å². The van der Waals surface area contributed by atoms with E-state index in [9.17, 15) is 0 Å². The zero-order chi connectivity index (χ0) is 15.4. The van der Waals surface area contributed by atoms with Crippen molar-refractivity contribution in [2.24, 2.45) is 0 Å². The van der Waals surface area contributed by atoms with Crippen molar-refractivity contribution >= 4 is 28.9 Å². The molecule has 0 unspecified atom stereocenters. The molecule has 0 radical (unpaired) electrons. The lowest BCUT2D eigenvalue weighted by molar-refractivity contribution is 0.355. The minimum absolute atomic E-state index is 0.622. The summed E-state index contributed by atoms with van der Waals surface area (Å²) in [7, 11) is 3.24. The number of hydrogen-bond acceptors (Lipinski definition) is 3.